The van der Waals surface area contributed by atoms with Crippen LogP contribution in [0.25, 0.3) is 0 Å². The molecule has 0 N–H and O–H groups in total. The van der Waals surface area contributed by atoms with Crippen molar-refractivity contribution in [3.63, 3.8) is 0 Å². The second-order valence-corrected chi connectivity index (χ2v) is 6.41. The number of hydrogen-bond donors (Lipinski definition) is 0. The Kier molecular flexibility index (Phi) is 6.52. The van der Waals surface area contributed by atoms with Crippen molar-refractivity contribution in [2.75, 3.05) is 41.5 Å². The van der Waals surface area contributed by atoms with E-state index in [-0.39, 0.29) is 17.8 Å². The third-order valence-corrected chi connectivity index (χ3v) is 5.03. The summed E-state index contributed by atoms with van der Waals surface area (Å²) in [7, 11) is 5.84. The van der Waals surface area contributed by atoms with E-state index in [0.717, 1.165) is 6.42 Å². The first kappa shape index (κ1) is 19.4. The molecule has 1 unspecified atom stereocenters. The Bertz CT molecular complexity index is 663. The number of esters is 1. The highest BCUT2D eigenvalue weighted by Crippen LogP contribution is 2.45. The minimum atomic E-state index is -0.302. The van der Waals surface area contributed by atoms with Crippen LogP contribution in [0.2, 0.25) is 0 Å². The highest BCUT2D eigenvalue weighted by atomic mass is 79.9. The summed E-state index contributed by atoms with van der Waals surface area (Å²) >= 11 is 3.42. The van der Waals surface area contributed by atoms with Crippen molar-refractivity contribution < 1.29 is 28.5 Å². The van der Waals surface area contributed by atoms with Crippen molar-refractivity contribution in [1.29, 1.82) is 0 Å². The number of methoxy groups -OCH3 is 4. The Morgan fingerprint density at radius 3 is 2.36 bits per heavy atom. The predicted molar refractivity (Wildman–Crippen MR) is 94.4 cm³/mol. The molecule has 8 heteroatoms. The van der Waals surface area contributed by atoms with Gasteiger partial charge in [-0.05, 0) is 34.8 Å². The second-order valence-electron chi connectivity index (χ2n) is 5.62. The number of carbonyl (C=O) groups excluding carboxylic acids is 2. The Morgan fingerprint density at radius 1 is 1.12 bits per heavy atom. The van der Waals surface area contributed by atoms with Gasteiger partial charge < -0.3 is 23.8 Å². The first-order valence-electron chi connectivity index (χ1n) is 7.84. The molecule has 0 aromatic heterocycles. The third kappa shape index (κ3) is 3.84. The molecule has 0 saturated carbocycles. The molecule has 1 aliphatic rings. The number of hydrogen-bond acceptors (Lipinski definition) is 6. The zero-order valence-corrected chi connectivity index (χ0v) is 16.3. The Balaban J connectivity index is 2.37. The van der Waals surface area contributed by atoms with E-state index >= 15 is 0 Å². The normalized spacial score (nSPS) is 17.0. The van der Waals surface area contributed by atoms with E-state index in [2.05, 4.69) is 15.9 Å². The lowest BCUT2D eigenvalue weighted by Crippen LogP contribution is -2.42. The molecule has 1 aliphatic heterocycles. The molecule has 0 spiro atoms. The summed E-state index contributed by atoms with van der Waals surface area (Å²) in [5, 5.41) is 0. The predicted octanol–water partition coefficient (Wildman–Crippen LogP) is 2.50. The molecule has 1 atom stereocenters. The fourth-order valence-electron chi connectivity index (χ4n) is 2.97. The topological polar surface area (TPSA) is 74.3 Å². The van der Waals surface area contributed by atoms with E-state index in [4.69, 9.17) is 18.9 Å². The minimum absolute atomic E-state index is 0.209. The summed E-state index contributed by atoms with van der Waals surface area (Å²) in [5.41, 5.74) is 0.389. The lowest BCUT2D eigenvalue weighted by atomic mass is 9.97. The summed E-state index contributed by atoms with van der Waals surface area (Å²) < 4.78 is 21.3. The average Bonchev–Trinajstić information content (AvgIpc) is 2.66. The zero-order chi connectivity index (χ0) is 18.6. The monoisotopic (exact) mass is 415 g/mol. The van der Waals surface area contributed by atoms with Gasteiger partial charge in [-0.1, -0.05) is 0 Å². The summed E-state index contributed by atoms with van der Waals surface area (Å²) in [6, 6.07) is 1.61. The van der Waals surface area contributed by atoms with Crippen LogP contribution < -0.4 is 14.2 Å². The molecule has 1 fully saturated rings. The molecular weight excluding hydrogens is 394 g/mol. The number of rotatable bonds is 5. The van der Waals surface area contributed by atoms with Crippen LogP contribution in [0, 0.1) is 5.92 Å². The van der Waals surface area contributed by atoms with E-state index in [1.807, 2.05) is 0 Å². The number of benzene rings is 1. The molecule has 0 radical (unpaired) electrons. The van der Waals surface area contributed by atoms with E-state index in [1.54, 1.807) is 11.0 Å². The highest BCUT2D eigenvalue weighted by Gasteiger charge is 2.32. The van der Waals surface area contributed by atoms with Crippen molar-refractivity contribution in [1.82, 2.24) is 4.90 Å². The van der Waals surface area contributed by atoms with Crippen LogP contribution in [0.1, 0.15) is 23.2 Å². The van der Waals surface area contributed by atoms with Gasteiger partial charge in [0.1, 0.15) is 0 Å². The summed E-state index contributed by atoms with van der Waals surface area (Å²) in [6.45, 7) is 0.907. The average molecular weight is 416 g/mol. The van der Waals surface area contributed by atoms with Crippen molar-refractivity contribution in [3.8, 4) is 17.2 Å². The second kappa shape index (κ2) is 8.42. The fraction of sp³-hybridized carbons (Fsp3) is 0.529. The van der Waals surface area contributed by atoms with Gasteiger partial charge >= 0.3 is 5.97 Å². The van der Waals surface area contributed by atoms with Crippen LogP contribution in [0.4, 0.5) is 0 Å². The van der Waals surface area contributed by atoms with E-state index < -0.39 is 0 Å². The van der Waals surface area contributed by atoms with Crippen LogP contribution in [-0.4, -0.2) is 58.3 Å². The quantitative estimate of drug-likeness (QED) is 0.687. The van der Waals surface area contributed by atoms with Crippen LogP contribution >= 0.6 is 15.9 Å². The maximum Gasteiger partial charge on any atom is 0.310 e. The molecule has 1 amide bonds. The van der Waals surface area contributed by atoms with E-state index in [9.17, 15) is 9.59 Å². The van der Waals surface area contributed by atoms with Gasteiger partial charge in [0.05, 0.1) is 44.4 Å². The van der Waals surface area contributed by atoms with Crippen molar-refractivity contribution in [2.24, 2.45) is 5.92 Å². The van der Waals surface area contributed by atoms with Gasteiger partial charge in [0, 0.05) is 13.1 Å². The van der Waals surface area contributed by atoms with Gasteiger partial charge in [0.2, 0.25) is 5.75 Å². The number of nitrogens with zero attached hydrogens (tertiary/aromatic N) is 1. The van der Waals surface area contributed by atoms with Crippen LogP contribution in [0.15, 0.2) is 10.5 Å². The lowest BCUT2D eigenvalue weighted by Gasteiger charge is -2.32. The SMILES string of the molecule is COC(=O)C1CCCN(C(=O)c2cc(OC)c(OC)c(OC)c2Br)C1. The molecule has 1 heterocycles. The van der Waals surface area contributed by atoms with E-state index in [1.165, 1.54) is 28.4 Å². The van der Waals surface area contributed by atoms with Crippen molar-refractivity contribution in [2.45, 2.75) is 12.8 Å². The van der Waals surface area contributed by atoms with Gasteiger partial charge in [-0.2, -0.15) is 0 Å². The maximum atomic E-state index is 13.0. The standard InChI is InChI=1S/C17H22BrNO6/c1-22-12-8-11(13(18)15(24-3)14(12)23-2)16(20)19-7-5-6-10(9-19)17(21)25-4/h8,10H,5-7,9H2,1-4H3. The van der Waals surface area contributed by atoms with Gasteiger partial charge in [-0.3, -0.25) is 9.59 Å². The molecule has 0 bridgehead atoms. The Morgan fingerprint density at radius 2 is 1.80 bits per heavy atom. The van der Waals surface area contributed by atoms with Crippen LogP contribution in [0.3, 0.4) is 0 Å². The maximum absolute atomic E-state index is 13.0. The highest BCUT2D eigenvalue weighted by molar-refractivity contribution is 9.10. The molecule has 138 valence electrons. The Labute approximate surface area is 155 Å². The number of likely N-dealkylation sites (tertiary alicyclic amines) is 1. The van der Waals surface area contributed by atoms with Gasteiger partial charge in [-0.15, -0.1) is 0 Å². The number of piperidine rings is 1. The molecule has 2 rings (SSSR count). The zero-order valence-electron chi connectivity index (χ0n) is 14.8. The van der Waals surface area contributed by atoms with Gasteiger partial charge in [-0.25, -0.2) is 0 Å². The van der Waals surface area contributed by atoms with Crippen LogP contribution in [-0.2, 0) is 9.53 Å². The smallest absolute Gasteiger partial charge is 0.310 e. The first-order valence-corrected chi connectivity index (χ1v) is 8.63. The summed E-state index contributed by atoms with van der Waals surface area (Å²) in [5.74, 6) is 0.378. The Hall–Kier alpha value is -1.96. The van der Waals surface area contributed by atoms with Crippen molar-refractivity contribution >= 4 is 27.8 Å². The molecule has 1 aromatic carbocycles. The van der Waals surface area contributed by atoms with Gasteiger partial charge in [0.15, 0.2) is 11.5 Å². The van der Waals surface area contributed by atoms with E-state index in [0.29, 0.717) is 46.8 Å². The third-order valence-electron chi connectivity index (χ3n) is 4.24. The van der Waals surface area contributed by atoms with Gasteiger partial charge in [0.25, 0.3) is 5.91 Å². The first-order chi connectivity index (χ1) is 12.0. The number of carbonyl (C=O) groups is 2. The summed E-state index contributed by atoms with van der Waals surface area (Å²) in [6.07, 6.45) is 1.46. The summed E-state index contributed by atoms with van der Waals surface area (Å²) in [4.78, 5) is 26.5. The number of ether oxygens (including phenoxy) is 4. The van der Waals surface area contributed by atoms with Crippen molar-refractivity contribution in [3.05, 3.63) is 16.1 Å². The number of halogens is 1. The number of amides is 1. The largest absolute Gasteiger partial charge is 0.493 e. The molecular formula is C17H22BrNO6. The molecule has 0 aliphatic carbocycles. The molecule has 1 aromatic rings. The molecule has 1 saturated heterocycles. The van der Waals surface area contributed by atoms with Crippen LogP contribution in [0.5, 0.6) is 17.2 Å². The minimum Gasteiger partial charge on any atom is -0.493 e. The molecule has 7 nitrogen and oxygen atoms in total. The molecule has 25 heavy (non-hydrogen) atoms. The fourth-order valence-corrected chi connectivity index (χ4v) is 3.59. The lowest BCUT2D eigenvalue weighted by molar-refractivity contribution is -0.146.